The normalized spacial score (nSPS) is 14.8. The molecule has 0 aliphatic carbocycles. The van der Waals surface area contributed by atoms with Gasteiger partial charge in [0.1, 0.15) is 5.82 Å². The fraction of sp³-hybridized carbons (Fsp3) is 0.643. The highest BCUT2D eigenvalue weighted by molar-refractivity contribution is 5.41. The van der Waals surface area contributed by atoms with Crippen molar-refractivity contribution in [3.8, 4) is 0 Å². The van der Waals surface area contributed by atoms with Crippen molar-refractivity contribution in [2.24, 2.45) is 5.92 Å². The van der Waals surface area contributed by atoms with E-state index >= 15 is 0 Å². The first-order valence-electron chi connectivity index (χ1n) is 6.28. The Labute approximate surface area is 104 Å². The van der Waals surface area contributed by atoms with Crippen LogP contribution < -0.4 is 4.90 Å². The van der Waals surface area contributed by atoms with Crippen LogP contribution in [0.1, 0.15) is 45.8 Å². The van der Waals surface area contributed by atoms with Gasteiger partial charge in [-0.05, 0) is 43.9 Å². The zero-order valence-corrected chi connectivity index (χ0v) is 11.5. The van der Waals surface area contributed by atoms with Crippen molar-refractivity contribution < 1.29 is 5.11 Å². The van der Waals surface area contributed by atoms with Crippen molar-refractivity contribution in [1.82, 2.24) is 4.98 Å². The quantitative estimate of drug-likeness (QED) is 0.853. The van der Waals surface area contributed by atoms with E-state index in [0.29, 0.717) is 12.0 Å². The maximum atomic E-state index is 9.57. The Morgan fingerprint density at radius 2 is 1.94 bits per heavy atom. The van der Waals surface area contributed by atoms with Gasteiger partial charge < -0.3 is 10.0 Å². The lowest BCUT2D eigenvalue weighted by molar-refractivity contribution is 0.199. The van der Waals surface area contributed by atoms with Crippen LogP contribution in [0.15, 0.2) is 18.3 Å². The number of pyridine rings is 1. The van der Waals surface area contributed by atoms with Gasteiger partial charge in [-0.3, -0.25) is 0 Å². The maximum Gasteiger partial charge on any atom is 0.128 e. The van der Waals surface area contributed by atoms with Crippen LogP contribution in [0, 0.1) is 5.92 Å². The van der Waals surface area contributed by atoms with Gasteiger partial charge in [-0.1, -0.05) is 13.8 Å². The van der Waals surface area contributed by atoms with Crippen LogP contribution in [-0.4, -0.2) is 23.2 Å². The second-order valence-electron chi connectivity index (χ2n) is 5.21. The van der Waals surface area contributed by atoms with E-state index in [4.69, 9.17) is 0 Å². The number of nitrogens with zero attached hydrogens (tertiary/aromatic N) is 2. The van der Waals surface area contributed by atoms with Gasteiger partial charge in [-0.2, -0.15) is 0 Å². The molecule has 96 valence electrons. The second kappa shape index (κ2) is 6.01. The maximum absolute atomic E-state index is 9.57. The zero-order valence-electron chi connectivity index (χ0n) is 11.5. The molecule has 17 heavy (non-hydrogen) atoms. The summed E-state index contributed by atoms with van der Waals surface area (Å²) in [5.41, 5.74) is 0.915. The van der Waals surface area contributed by atoms with Gasteiger partial charge in [-0.25, -0.2) is 4.98 Å². The Morgan fingerprint density at radius 1 is 1.29 bits per heavy atom. The Kier molecular flexibility index (Phi) is 4.94. The lowest BCUT2D eigenvalue weighted by Crippen LogP contribution is -2.30. The standard InChI is InChI=1S/C14H24N2O/c1-10(2)8-11(3)16(5)14-9-13(12(4)17)6-7-15-14/h6-7,9-12,17H,8H2,1-5H3. The van der Waals surface area contributed by atoms with Crippen LogP contribution in [-0.2, 0) is 0 Å². The lowest BCUT2D eigenvalue weighted by atomic mass is 10.0. The average Bonchev–Trinajstić information content (AvgIpc) is 2.27. The van der Waals surface area contributed by atoms with E-state index < -0.39 is 6.10 Å². The molecule has 3 heteroatoms. The Balaban J connectivity index is 2.81. The molecule has 0 aromatic carbocycles. The summed E-state index contributed by atoms with van der Waals surface area (Å²) in [6.45, 7) is 8.43. The highest BCUT2D eigenvalue weighted by atomic mass is 16.3. The van der Waals surface area contributed by atoms with Gasteiger partial charge in [0.05, 0.1) is 6.10 Å². The molecule has 0 saturated carbocycles. The highest BCUT2D eigenvalue weighted by Crippen LogP contribution is 2.20. The van der Waals surface area contributed by atoms with Gasteiger partial charge in [0.15, 0.2) is 0 Å². The molecule has 0 amide bonds. The zero-order chi connectivity index (χ0) is 13.0. The second-order valence-corrected chi connectivity index (χ2v) is 5.21. The van der Waals surface area contributed by atoms with E-state index in [1.165, 1.54) is 0 Å². The Bertz CT molecular complexity index is 350. The summed E-state index contributed by atoms with van der Waals surface area (Å²) in [4.78, 5) is 6.54. The first kappa shape index (κ1) is 14.0. The third-order valence-electron chi connectivity index (χ3n) is 3.09. The molecule has 1 aromatic heterocycles. The van der Waals surface area contributed by atoms with Crippen LogP contribution >= 0.6 is 0 Å². The number of hydrogen-bond acceptors (Lipinski definition) is 3. The molecule has 3 nitrogen and oxygen atoms in total. The summed E-state index contributed by atoms with van der Waals surface area (Å²) >= 11 is 0. The van der Waals surface area contributed by atoms with E-state index in [-0.39, 0.29) is 0 Å². The third-order valence-corrected chi connectivity index (χ3v) is 3.09. The summed E-state index contributed by atoms with van der Waals surface area (Å²) in [7, 11) is 2.06. The monoisotopic (exact) mass is 236 g/mol. The number of anilines is 1. The van der Waals surface area contributed by atoms with Crippen molar-refractivity contribution in [3.63, 3.8) is 0 Å². The molecule has 0 spiro atoms. The fourth-order valence-electron chi connectivity index (χ4n) is 1.95. The minimum atomic E-state index is -0.439. The SMILES string of the molecule is CC(C)CC(C)N(C)c1cc(C(C)O)ccn1. The number of aliphatic hydroxyl groups is 1. The minimum absolute atomic E-state index is 0.439. The molecule has 1 N–H and O–H groups in total. The van der Waals surface area contributed by atoms with E-state index in [1.54, 1.807) is 13.1 Å². The van der Waals surface area contributed by atoms with Gasteiger partial charge in [0.2, 0.25) is 0 Å². The van der Waals surface area contributed by atoms with Gasteiger partial charge in [0.25, 0.3) is 0 Å². The Hall–Kier alpha value is -1.09. The molecule has 1 aromatic rings. The number of hydrogen-bond donors (Lipinski definition) is 1. The fourth-order valence-corrected chi connectivity index (χ4v) is 1.95. The number of rotatable bonds is 5. The van der Waals surface area contributed by atoms with Crippen LogP contribution in [0.25, 0.3) is 0 Å². The van der Waals surface area contributed by atoms with E-state index in [1.807, 2.05) is 12.1 Å². The van der Waals surface area contributed by atoms with Crippen LogP contribution in [0.4, 0.5) is 5.82 Å². The van der Waals surface area contributed by atoms with Crippen LogP contribution in [0.3, 0.4) is 0 Å². The molecule has 2 atom stereocenters. The molecule has 0 aliphatic rings. The first-order valence-corrected chi connectivity index (χ1v) is 6.28. The first-order chi connectivity index (χ1) is 7.91. The third kappa shape index (κ3) is 4.00. The average molecular weight is 236 g/mol. The molecular weight excluding hydrogens is 212 g/mol. The summed E-state index contributed by atoms with van der Waals surface area (Å²) in [6, 6.07) is 4.27. The summed E-state index contributed by atoms with van der Waals surface area (Å²) < 4.78 is 0. The molecule has 2 unspecified atom stereocenters. The van der Waals surface area contributed by atoms with Gasteiger partial charge in [-0.15, -0.1) is 0 Å². The van der Waals surface area contributed by atoms with Crippen LogP contribution in [0.2, 0.25) is 0 Å². The topological polar surface area (TPSA) is 36.4 Å². The highest BCUT2D eigenvalue weighted by Gasteiger charge is 2.13. The van der Waals surface area contributed by atoms with E-state index in [9.17, 15) is 5.11 Å². The van der Waals surface area contributed by atoms with Crippen molar-refractivity contribution in [2.45, 2.75) is 46.3 Å². The predicted molar refractivity (Wildman–Crippen MR) is 72.2 cm³/mol. The summed E-state index contributed by atoms with van der Waals surface area (Å²) in [6.07, 6.45) is 2.46. The largest absolute Gasteiger partial charge is 0.389 e. The molecule has 0 fully saturated rings. The molecule has 1 rings (SSSR count). The van der Waals surface area contributed by atoms with Crippen LogP contribution in [0.5, 0.6) is 0 Å². The molecule has 0 saturated heterocycles. The van der Waals surface area contributed by atoms with Crippen molar-refractivity contribution in [1.29, 1.82) is 0 Å². The predicted octanol–water partition coefficient (Wildman–Crippen LogP) is 3.01. The molecule has 1 heterocycles. The smallest absolute Gasteiger partial charge is 0.128 e. The Morgan fingerprint density at radius 3 is 2.47 bits per heavy atom. The number of aromatic nitrogens is 1. The van der Waals surface area contributed by atoms with E-state index in [0.717, 1.165) is 17.8 Å². The molecule has 0 aliphatic heterocycles. The van der Waals surface area contributed by atoms with Crippen molar-refractivity contribution >= 4 is 5.82 Å². The lowest BCUT2D eigenvalue weighted by Gasteiger charge is -2.27. The molecule has 0 bridgehead atoms. The molecular formula is C14H24N2O. The van der Waals surface area contributed by atoms with Crippen molar-refractivity contribution in [2.75, 3.05) is 11.9 Å². The van der Waals surface area contributed by atoms with Gasteiger partial charge >= 0.3 is 0 Å². The van der Waals surface area contributed by atoms with Crippen molar-refractivity contribution in [3.05, 3.63) is 23.9 Å². The molecule has 0 radical (unpaired) electrons. The summed E-state index contributed by atoms with van der Waals surface area (Å²) in [5.74, 6) is 1.60. The van der Waals surface area contributed by atoms with Gasteiger partial charge in [0, 0.05) is 19.3 Å². The summed E-state index contributed by atoms with van der Waals surface area (Å²) in [5, 5.41) is 9.57. The minimum Gasteiger partial charge on any atom is -0.389 e. The number of aliphatic hydroxyl groups excluding tert-OH is 1. The van der Waals surface area contributed by atoms with E-state index in [2.05, 4.69) is 37.7 Å².